The Labute approximate surface area is 232 Å². The Balaban J connectivity index is 1.32. The van der Waals surface area contributed by atoms with E-state index in [2.05, 4.69) is 5.16 Å². The van der Waals surface area contributed by atoms with Gasteiger partial charge in [0.15, 0.2) is 0 Å². The van der Waals surface area contributed by atoms with Crippen LogP contribution in [0.5, 0.6) is 11.5 Å². The highest BCUT2D eigenvalue weighted by Gasteiger charge is 2.65. The van der Waals surface area contributed by atoms with E-state index >= 15 is 0 Å². The number of oxime groups is 1. The molecule has 1 unspecified atom stereocenters. The zero-order valence-electron chi connectivity index (χ0n) is 22.0. The summed E-state index contributed by atoms with van der Waals surface area (Å²) in [6.45, 7) is 3.13. The molecule has 9 heteroatoms. The third kappa shape index (κ3) is 5.04. The summed E-state index contributed by atoms with van der Waals surface area (Å²) in [5, 5.41) is 35.8. The molecule has 5 atom stereocenters. The fourth-order valence-electron chi connectivity index (χ4n) is 5.26. The van der Waals surface area contributed by atoms with Gasteiger partial charge in [-0.25, -0.2) is 0 Å². The quantitative estimate of drug-likeness (QED) is 0.280. The lowest BCUT2D eigenvalue weighted by Crippen LogP contribution is -2.62. The molecule has 39 heavy (non-hydrogen) atoms. The second-order valence-electron chi connectivity index (χ2n) is 10.1. The van der Waals surface area contributed by atoms with Gasteiger partial charge in [-0.2, -0.15) is 0 Å². The van der Waals surface area contributed by atoms with E-state index < -0.39 is 36.1 Å². The Morgan fingerprint density at radius 1 is 1.05 bits per heavy atom. The van der Waals surface area contributed by atoms with Crippen molar-refractivity contribution in [1.29, 1.82) is 0 Å². The number of rotatable bonds is 8. The molecule has 2 aliphatic rings. The van der Waals surface area contributed by atoms with Crippen LogP contribution in [0.1, 0.15) is 36.1 Å². The molecule has 0 aliphatic carbocycles. The van der Waals surface area contributed by atoms with E-state index in [1.165, 1.54) is 7.11 Å². The maximum absolute atomic E-state index is 10.7. The number of aliphatic hydroxyl groups is 3. The van der Waals surface area contributed by atoms with Gasteiger partial charge in [-0.05, 0) is 78.6 Å². The average Bonchev–Trinajstić information content (AvgIpc) is 3.34. The highest BCUT2D eigenvalue weighted by atomic mass is 35.5. The minimum absolute atomic E-state index is 0.0332. The van der Waals surface area contributed by atoms with E-state index in [9.17, 15) is 15.3 Å². The monoisotopic (exact) mass is 553 g/mol. The van der Waals surface area contributed by atoms with E-state index in [0.29, 0.717) is 28.5 Å². The molecule has 2 saturated heterocycles. The average molecular weight is 554 g/mol. The SMILES string of the molecule is CO/N=C(/C)c1ccc(Oc2ccc(Cc3cc([C@]45OC[C@](CO)(O4)[C@@H](O)[C@H](O)C5C)ccc3Cl)cc2)cc1. The van der Waals surface area contributed by atoms with Gasteiger partial charge in [0.2, 0.25) is 5.79 Å². The third-order valence-corrected chi connectivity index (χ3v) is 8.00. The summed E-state index contributed by atoms with van der Waals surface area (Å²) >= 11 is 6.57. The van der Waals surface area contributed by atoms with Gasteiger partial charge in [0.1, 0.15) is 30.3 Å². The number of benzene rings is 3. The normalized spacial score (nSPS) is 28.4. The lowest BCUT2D eigenvalue weighted by atomic mass is 9.79. The van der Waals surface area contributed by atoms with Crippen molar-refractivity contribution in [3.63, 3.8) is 0 Å². The van der Waals surface area contributed by atoms with E-state index in [-0.39, 0.29) is 6.61 Å². The predicted octanol–water partition coefficient (Wildman–Crippen LogP) is 4.40. The van der Waals surface area contributed by atoms with Crippen LogP contribution >= 0.6 is 11.6 Å². The van der Waals surface area contributed by atoms with E-state index in [1.807, 2.05) is 61.5 Å². The van der Waals surface area contributed by atoms with Gasteiger partial charge >= 0.3 is 0 Å². The molecule has 8 nitrogen and oxygen atoms in total. The van der Waals surface area contributed by atoms with Crippen LogP contribution < -0.4 is 4.74 Å². The van der Waals surface area contributed by atoms with Crippen molar-refractivity contribution in [3.8, 4) is 11.5 Å². The van der Waals surface area contributed by atoms with Crippen LogP contribution in [-0.2, 0) is 26.5 Å². The van der Waals surface area contributed by atoms with Gasteiger partial charge in [0.25, 0.3) is 0 Å². The molecule has 0 amide bonds. The van der Waals surface area contributed by atoms with Crippen molar-refractivity contribution in [3.05, 3.63) is 94.0 Å². The molecule has 5 rings (SSSR count). The summed E-state index contributed by atoms with van der Waals surface area (Å²) < 4.78 is 18.3. The van der Waals surface area contributed by atoms with Crippen LogP contribution in [0, 0.1) is 5.92 Å². The van der Waals surface area contributed by atoms with Crippen molar-refractivity contribution < 1.29 is 34.4 Å². The minimum Gasteiger partial charge on any atom is -0.457 e. The van der Waals surface area contributed by atoms with Crippen molar-refractivity contribution in [2.75, 3.05) is 20.3 Å². The predicted molar refractivity (Wildman–Crippen MR) is 146 cm³/mol. The number of halogens is 1. The molecule has 0 spiro atoms. The Kier molecular flexibility index (Phi) is 7.70. The van der Waals surface area contributed by atoms with Gasteiger partial charge < -0.3 is 34.4 Å². The van der Waals surface area contributed by atoms with Crippen molar-refractivity contribution >= 4 is 17.3 Å². The first-order valence-corrected chi connectivity index (χ1v) is 13.1. The van der Waals surface area contributed by atoms with Gasteiger partial charge in [-0.15, -0.1) is 0 Å². The zero-order chi connectivity index (χ0) is 27.8. The Morgan fingerprint density at radius 2 is 1.72 bits per heavy atom. The molecule has 3 aromatic carbocycles. The lowest BCUT2D eigenvalue weighted by molar-refractivity contribution is -0.310. The fourth-order valence-corrected chi connectivity index (χ4v) is 5.44. The number of hydrogen-bond acceptors (Lipinski definition) is 8. The number of nitrogens with zero attached hydrogens (tertiary/aromatic N) is 1. The first-order valence-electron chi connectivity index (χ1n) is 12.8. The van der Waals surface area contributed by atoms with Crippen molar-refractivity contribution in [1.82, 2.24) is 0 Å². The van der Waals surface area contributed by atoms with Crippen LogP contribution in [0.3, 0.4) is 0 Å². The largest absolute Gasteiger partial charge is 0.457 e. The Hall–Kier alpha value is -2.98. The van der Waals surface area contributed by atoms with Gasteiger partial charge in [-0.3, -0.25) is 0 Å². The van der Waals surface area contributed by atoms with Crippen LogP contribution in [0.15, 0.2) is 71.9 Å². The molecule has 206 valence electrons. The summed E-state index contributed by atoms with van der Waals surface area (Å²) in [5.41, 5.74) is 2.89. The molecule has 3 aromatic rings. The molecule has 0 radical (unpaired) electrons. The molecule has 0 saturated carbocycles. The first kappa shape index (κ1) is 27.6. The summed E-state index contributed by atoms with van der Waals surface area (Å²) in [6.07, 6.45) is -1.84. The number of aliphatic hydroxyl groups excluding tert-OH is 3. The van der Waals surface area contributed by atoms with Gasteiger partial charge in [0.05, 0.1) is 25.0 Å². The minimum atomic E-state index is -1.38. The second-order valence-corrected chi connectivity index (χ2v) is 10.5. The number of ether oxygens (including phenoxy) is 3. The maximum atomic E-state index is 10.7. The lowest BCUT2D eigenvalue weighted by Gasteiger charge is -2.47. The van der Waals surface area contributed by atoms with Crippen molar-refractivity contribution in [2.45, 2.75) is 43.9 Å². The molecule has 0 aromatic heterocycles. The Morgan fingerprint density at radius 3 is 2.36 bits per heavy atom. The second kappa shape index (κ2) is 10.9. The third-order valence-electron chi connectivity index (χ3n) is 7.63. The Bertz CT molecular complexity index is 1350. The number of fused-ring (bicyclic) bond motifs is 2. The highest BCUT2D eigenvalue weighted by Crippen LogP contribution is 2.52. The molecule has 3 N–H and O–H groups in total. The maximum Gasteiger partial charge on any atom is 0.201 e. The number of hydrogen-bond donors (Lipinski definition) is 3. The van der Waals surface area contributed by atoms with E-state index in [1.54, 1.807) is 19.1 Å². The standard InChI is InChI=1S/C30H32ClNO7/c1-18-27(34)28(35)29(16-33)17-37-30(18,39-29)23-8-13-26(31)22(15-23)14-20-4-9-24(10-5-20)38-25-11-6-21(7-12-25)19(2)32-36-3/h4-13,15,18,27-28,33-35H,14,16-17H2,1-3H3/b32-19-/t18?,27-,28+,29+,30-/m1/s1. The smallest absolute Gasteiger partial charge is 0.201 e. The summed E-state index contributed by atoms with van der Waals surface area (Å²) in [6, 6.07) is 20.8. The van der Waals surface area contributed by atoms with Crippen LogP contribution in [0.4, 0.5) is 0 Å². The summed E-state index contributed by atoms with van der Waals surface area (Å²) in [4.78, 5) is 4.82. The first-order chi connectivity index (χ1) is 18.7. The van der Waals surface area contributed by atoms with Gasteiger partial charge in [0, 0.05) is 16.5 Å². The van der Waals surface area contributed by atoms with Crippen LogP contribution in [-0.4, -0.2) is 59.2 Å². The fraction of sp³-hybridized carbons (Fsp3) is 0.367. The van der Waals surface area contributed by atoms with Crippen molar-refractivity contribution in [2.24, 2.45) is 11.1 Å². The summed E-state index contributed by atoms with van der Waals surface area (Å²) in [5.74, 6) is -0.479. The van der Waals surface area contributed by atoms with Crippen LogP contribution in [0.25, 0.3) is 0 Å². The molecule has 2 heterocycles. The zero-order valence-corrected chi connectivity index (χ0v) is 22.8. The van der Waals surface area contributed by atoms with Crippen LogP contribution in [0.2, 0.25) is 5.02 Å². The van der Waals surface area contributed by atoms with E-state index in [4.69, 9.17) is 30.6 Å². The highest BCUT2D eigenvalue weighted by molar-refractivity contribution is 6.31. The summed E-state index contributed by atoms with van der Waals surface area (Å²) in [7, 11) is 1.52. The molecular formula is C30H32ClNO7. The molecule has 2 aliphatic heterocycles. The van der Waals surface area contributed by atoms with Gasteiger partial charge in [-0.1, -0.05) is 41.9 Å². The topological polar surface area (TPSA) is 110 Å². The molecular weight excluding hydrogens is 522 g/mol. The molecule has 2 fully saturated rings. The van der Waals surface area contributed by atoms with E-state index in [0.717, 1.165) is 22.4 Å². The molecule has 2 bridgehead atoms.